The summed E-state index contributed by atoms with van der Waals surface area (Å²) in [4.78, 5) is 2.59. The Bertz CT molecular complexity index is 369. The van der Waals surface area contributed by atoms with Gasteiger partial charge in [0, 0.05) is 19.6 Å². The van der Waals surface area contributed by atoms with Gasteiger partial charge in [-0.2, -0.15) is 0 Å². The second-order valence-corrected chi connectivity index (χ2v) is 5.72. The number of hydrogen-bond donors (Lipinski definition) is 1. The second kappa shape index (κ2) is 8.28. The molecule has 1 aromatic rings. The van der Waals surface area contributed by atoms with Crippen LogP contribution in [0.2, 0.25) is 0 Å². The van der Waals surface area contributed by atoms with Gasteiger partial charge in [0.25, 0.3) is 0 Å². The molecule has 112 valence electrons. The van der Waals surface area contributed by atoms with Crippen LogP contribution in [0.15, 0.2) is 24.3 Å². The van der Waals surface area contributed by atoms with E-state index >= 15 is 0 Å². The minimum atomic E-state index is 0.924. The SMILES string of the molecule is CCC1CCN(CCNCc2ccc(OC)cc2)CC1. The Morgan fingerprint density at radius 2 is 1.90 bits per heavy atom. The van der Waals surface area contributed by atoms with Crippen molar-refractivity contribution < 1.29 is 4.74 Å². The van der Waals surface area contributed by atoms with Crippen LogP contribution in [0.3, 0.4) is 0 Å². The maximum atomic E-state index is 5.16. The van der Waals surface area contributed by atoms with Crippen molar-refractivity contribution in [2.45, 2.75) is 32.7 Å². The number of ether oxygens (including phenoxy) is 1. The minimum absolute atomic E-state index is 0.924. The summed E-state index contributed by atoms with van der Waals surface area (Å²) in [6.07, 6.45) is 4.12. The molecule has 1 N–H and O–H groups in total. The molecular weight excluding hydrogens is 248 g/mol. The lowest BCUT2D eigenvalue weighted by molar-refractivity contribution is 0.182. The molecule has 0 spiro atoms. The number of benzene rings is 1. The van der Waals surface area contributed by atoms with Crippen molar-refractivity contribution in [2.75, 3.05) is 33.3 Å². The number of hydrogen-bond acceptors (Lipinski definition) is 3. The molecule has 0 aliphatic carbocycles. The van der Waals surface area contributed by atoms with Crippen LogP contribution >= 0.6 is 0 Å². The molecular formula is C17H28N2O. The monoisotopic (exact) mass is 276 g/mol. The van der Waals surface area contributed by atoms with E-state index in [0.29, 0.717) is 0 Å². The molecule has 0 unspecified atom stereocenters. The quantitative estimate of drug-likeness (QED) is 0.775. The summed E-state index contributed by atoms with van der Waals surface area (Å²) in [6, 6.07) is 8.29. The van der Waals surface area contributed by atoms with Crippen molar-refractivity contribution >= 4 is 0 Å². The van der Waals surface area contributed by atoms with Gasteiger partial charge in [-0.1, -0.05) is 25.5 Å². The lowest BCUT2D eigenvalue weighted by Gasteiger charge is -2.31. The standard InChI is InChI=1S/C17H28N2O/c1-3-15-8-11-19(12-9-15)13-10-18-14-16-4-6-17(20-2)7-5-16/h4-7,15,18H,3,8-14H2,1-2H3. The molecule has 1 saturated heterocycles. The zero-order valence-corrected chi connectivity index (χ0v) is 12.9. The van der Waals surface area contributed by atoms with Crippen LogP contribution < -0.4 is 10.1 Å². The first kappa shape index (κ1) is 15.3. The Balaban J connectivity index is 1.59. The van der Waals surface area contributed by atoms with E-state index in [1.165, 1.54) is 44.5 Å². The average molecular weight is 276 g/mol. The fraction of sp³-hybridized carbons (Fsp3) is 0.647. The predicted molar refractivity (Wildman–Crippen MR) is 84.2 cm³/mol. The number of likely N-dealkylation sites (tertiary alicyclic amines) is 1. The third-order valence-corrected chi connectivity index (χ3v) is 4.38. The fourth-order valence-corrected chi connectivity index (χ4v) is 2.83. The maximum absolute atomic E-state index is 5.16. The summed E-state index contributed by atoms with van der Waals surface area (Å²) in [5, 5.41) is 3.53. The van der Waals surface area contributed by atoms with Gasteiger partial charge >= 0.3 is 0 Å². The molecule has 1 aliphatic heterocycles. The summed E-state index contributed by atoms with van der Waals surface area (Å²) in [6.45, 7) is 8.06. The van der Waals surface area contributed by atoms with Gasteiger partial charge in [-0.05, 0) is 49.5 Å². The van der Waals surface area contributed by atoms with Crippen molar-refractivity contribution in [3.8, 4) is 5.75 Å². The van der Waals surface area contributed by atoms with E-state index in [-0.39, 0.29) is 0 Å². The summed E-state index contributed by atoms with van der Waals surface area (Å²) in [5.41, 5.74) is 1.32. The summed E-state index contributed by atoms with van der Waals surface area (Å²) in [7, 11) is 1.70. The number of piperidine rings is 1. The first-order chi connectivity index (χ1) is 9.81. The minimum Gasteiger partial charge on any atom is -0.497 e. The topological polar surface area (TPSA) is 24.5 Å². The molecule has 3 heteroatoms. The maximum Gasteiger partial charge on any atom is 0.118 e. The molecule has 0 atom stereocenters. The van der Waals surface area contributed by atoms with Crippen LogP contribution in [-0.4, -0.2) is 38.2 Å². The van der Waals surface area contributed by atoms with E-state index in [1.54, 1.807) is 7.11 Å². The molecule has 1 heterocycles. The van der Waals surface area contributed by atoms with E-state index in [4.69, 9.17) is 4.74 Å². The molecule has 0 aromatic heterocycles. The molecule has 1 aliphatic rings. The number of nitrogens with zero attached hydrogens (tertiary/aromatic N) is 1. The number of nitrogens with one attached hydrogen (secondary N) is 1. The van der Waals surface area contributed by atoms with Crippen LogP contribution in [0.25, 0.3) is 0 Å². The van der Waals surface area contributed by atoms with Gasteiger partial charge in [0.05, 0.1) is 7.11 Å². The lowest BCUT2D eigenvalue weighted by atomic mass is 9.94. The smallest absolute Gasteiger partial charge is 0.118 e. The van der Waals surface area contributed by atoms with Crippen LogP contribution in [0, 0.1) is 5.92 Å². The normalized spacial score (nSPS) is 17.3. The molecule has 1 fully saturated rings. The largest absolute Gasteiger partial charge is 0.497 e. The van der Waals surface area contributed by atoms with Crippen LogP contribution in [0.4, 0.5) is 0 Å². The molecule has 3 nitrogen and oxygen atoms in total. The van der Waals surface area contributed by atoms with Gasteiger partial charge in [-0.25, -0.2) is 0 Å². The Labute approximate surface area is 123 Å². The van der Waals surface area contributed by atoms with E-state index in [9.17, 15) is 0 Å². The van der Waals surface area contributed by atoms with Crippen LogP contribution in [-0.2, 0) is 6.54 Å². The lowest BCUT2D eigenvalue weighted by Crippen LogP contribution is -2.38. The second-order valence-electron chi connectivity index (χ2n) is 5.72. The third-order valence-electron chi connectivity index (χ3n) is 4.38. The fourth-order valence-electron chi connectivity index (χ4n) is 2.83. The van der Waals surface area contributed by atoms with Crippen LogP contribution in [0.1, 0.15) is 31.7 Å². The molecule has 1 aromatic carbocycles. The van der Waals surface area contributed by atoms with E-state index in [0.717, 1.165) is 24.8 Å². The highest BCUT2D eigenvalue weighted by atomic mass is 16.5. The predicted octanol–water partition coefficient (Wildman–Crippen LogP) is 2.91. The molecule has 0 bridgehead atoms. The average Bonchev–Trinajstić information content (AvgIpc) is 2.53. The van der Waals surface area contributed by atoms with Crippen molar-refractivity contribution in [3.05, 3.63) is 29.8 Å². The van der Waals surface area contributed by atoms with E-state index in [2.05, 4.69) is 29.3 Å². The first-order valence-electron chi connectivity index (χ1n) is 7.87. The van der Waals surface area contributed by atoms with Gasteiger partial charge in [-0.3, -0.25) is 0 Å². The Morgan fingerprint density at radius 1 is 1.20 bits per heavy atom. The molecule has 0 radical (unpaired) electrons. The molecule has 2 rings (SSSR count). The van der Waals surface area contributed by atoms with Gasteiger partial charge in [0.2, 0.25) is 0 Å². The third kappa shape index (κ3) is 4.80. The van der Waals surface area contributed by atoms with E-state index in [1.807, 2.05) is 12.1 Å². The Kier molecular flexibility index (Phi) is 6.34. The van der Waals surface area contributed by atoms with Crippen molar-refractivity contribution in [2.24, 2.45) is 5.92 Å². The highest BCUT2D eigenvalue weighted by Gasteiger charge is 2.16. The Morgan fingerprint density at radius 3 is 2.50 bits per heavy atom. The van der Waals surface area contributed by atoms with Gasteiger partial charge < -0.3 is 15.0 Å². The highest BCUT2D eigenvalue weighted by molar-refractivity contribution is 5.26. The van der Waals surface area contributed by atoms with Crippen molar-refractivity contribution in [1.82, 2.24) is 10.2 Å². The van der Waals surface area contributed by atoms with Crippen molar-refractivity contribution in [1.29, 1.82) is 0 Å². The van der Waals surface area contributed by atoms with Gasteiger partial charge in [0.15, 0.2) is 0 Å². The summed E-state index contributed by atoms with van der Waals surface area (Å²) < 4.78 is 5.16. The number of rotatable bonds is 7. The Hall–Kier alpha value is -1.06. The summed E-state index contributed by atoms with van der Waals surface area (Å²) in [5.74, 6) is 1.89. The van der Waals surface area contributed by atoms with Gasteiger partial charge in [-0.15, -0.1) is 0 Å². The van der Waals surface area contributed by atoms with Crippen LogP contribution in [0.5, 0.6) is 5.75 Å². The summed E-state index contributed by atoms with van der Waals surface area (Å²) >= 11 is 0. The first-order valence-corrected chi connectivity index (χ1v) is 7.87. The molecule has 20 heavy (non-hydrogen) atoms. The van der Waals surface area contributed by atoms with Gasteiger partial charge in [0.1, 0.15) is 5.75 Å². The molecule has 0 saturated carbocycles. The highest BCUT2D eigenvalue weighted by Crippen LogP contribution is 2.19. The molecule has 0 amide bonds. The zero-order chi connectivity index (χ0) is 14.2. The zero-order valence-electron chi connectivity index (χ0n) is 12.9. The number of methoxy groups -OCH3 is 1. The van der Waals surface area contributed by atoms with E-state index < -0.39 is 0 Å². The van der Waals surface area contributed by atoms with Crippen molar-refractivity contribution in [3.63, 3.8) is 0 Å².